The number of carboxylic acid groups (broad SMARTS) is 1. The van der Waals surface area contributed by atoms with Crippen molar-refractivity contribution < 1.29 is 15.0 Å². The van der Waals surface area contributed by atoms with Crippen LogP contribution in [0.15, 0.2) is 35.3 Å². The zero-order valence-corrected chi connectivity index (χ0v) is 10.6. The molecule has 2 rings (SSSR count). The molecule has 0 saturated heterocycles. The molecule has 19 heavy (non-hydrogen) atoms. The van der Waals surface area contributed by atoms with Gasteiger partial charge in [0.25, 0.3) is 0 Å². The number of hydrogen-bond donors (Lipinski definition) is 2. The van der Waals surface area contributed by atoms with Gasteiger partial charge in [-0.15, -0.1) is 0 Å². The summed E-state index contributed by atoms with van der Waals surface area (Å²) in [4.78, 5) is 22.6. The number of rotatable bonds is 3. The van der Waals surface area contributed by atoms with Crippen LogP contribution >= 0.6 is 0 Å². The fraction of sp³-hybridized carbons (Fsp3) is 0.231. The van der Waals surface area contributed by atoms with Gasteiger partial charge in [0.15, 0.2) is 6.10 Å². The van der Waals surface area contributed by atoms with Crippen molar-refractivity contribution in [1.82, 2.24) is 9.13 Å². The second-order valence-electron chi connectivity index (χ2n) is 4.33. The van der Waals surface area contributed by atoms with E-state index in [9.17, 15) is 14.7 Å². The Balaban J connectivity index is 2.43. The molecule has 1 aromatic carbocycles. The third-order valence-corrected chi connectivity index (χ3v) is 2.93. The number of benzene rings is 1. The van der Waals surface area contributed by atoms with Crippen molar-refractivity contribution in [2.24, 2.45) is 7.05 Å². The maximum absolute atomic E-state index is 11.9. The molecule has 2 N–H and O–H groups in total. The van der Waals surface area contributed by atoms with Gasteiger partial charge in [0.05, 0.1) is 5.69 Å². The molecule has 0 aliphatic rings. The van der Waals surface area contributed by atoms with Crippen LogP contribution in [-0.2, 0) is 11.8 Å². The van der Waals surface area contributed by atoms with E-state index in [1.807, 2.05) is 0 Å². The fourth-order valence-corrected chi connectivity index (χ4v) is 1.96. The topological polar surface area (TPSA) is 84.5 Å². The van der Waals surface area contributed by atoms with Crippen LogP contribution < -0.4 is 5.69 Å². The standard InChI is InChI=1S/C13H14N2O4/c1-8-7-14(2)13(19)15(8)10-5-3-9(4-6-10)11(16)12(17)18/h3-7,11,16H,1-2H3,(H,17,18). The number of carbonyl (C=O) groups is 1. The molecule has 0 aliphatic carbocycles. The highest BCUT2D eigenvalue weighted by molar-refractivity contribution is 5.74. The minimum absolute atomic E-state index is 0.177. The molecule has 100 valence electrons. The molecular weight excluding hydrogens is 248 g/mol. The van der Waals surface area contributed by atoms with Gasteiger partial charge in [0.1, 0.15) is 0 Å². The number of aliphatic hydroxyl groups is 1. The molecule has 0 radical (unpaired) electrons. The van der Waals surface area contributed by atoms with Crippen molar-refractivity contribution in [3.63, 3.8) is 0 Å². The number of imidazole rings is 1. The van der Waals surface area contributed by atoms with E-state index in [1.165, 1.54) is 21.3 Å². The molecule has 1 heterocycles. The molecule has 6 heteroatoms. The third-order valence-electron chi connectivity index (χ3n) is 2.93. The highest BCUT2D eigenvalue weighted by Gasteiger charge is 2.16. The number of carboxylic acids is 1. The van der Waals surface area contributed by atoms with Crippen LogP contribution in [0, 0.1) is 6.92 Å². The lowest BCUT2D eigenvalue weighted by Gasteiger charge is -2.08. The molecule has 1 aromatic heterocycles. The van der Waals surface area contributed by atoms with Crippen molar-refractivity contribution in [3.05, 3.63) is 52.2 Å². The average molecular weight is 262 g/mol. The Kier molecular flexibility index (Phi) is 3.26. The summed E-state index contributed by atoms with van der Waals surface area (Å²) in [6.07, 6.45) is 0.158. The molecule has 0 aliphatic heterocycles. The number of aromatic nitrogens is 2. The predicted molar refractivity (Wildman–Crippen MR) is 68.3 cm³/mol. The summed E-state index contributed by atoms with van der Waals surface area (Å²) in [6, 6.07) is 6.20. The number of nitrogens with zero attached hydrogens (tertiary/aromatic N) is 2. The lowest BCUT2D eigenvalue weighted by Crippen LogP contribution is -2.21. The molecule has 0 bridgehead atoms. The van der Waals surface area contributed by atoms with Gasteiger partial charge in [-0.05, 0) is 24.6 Å². The van der Waals surface area contributed by atoms with Crippen molar-refractivity contribution in [3.8, 4) is 5.69 Å². The normalized spacial score (nSPS) is 12.4. The Labute approximate surface area is 109 Å². The molecule has 0 fully saturated rings. The summed E-state index contributed by atoms with van der Waals surface area (Å²) < 4.78 is 2.98. The lowest BCUT2D eigenvalue weighted by molar-refractivity contribution is -0.146. The Bertz CT molecular complexity index is 667. The highest BCUT2D eigenvalue weighted by atomic mass is 16.4. The zero-order chi connectivity index (χ0) is 14.2. The van der Waals surface area contributed by atoms with E-state index < -0.39 is 12.1 Å². The maximum atomic E-state index is 11.9. The number of aliphatic carboxylic acids is 1. The SMILES string of the molecule is Cc1cn(C)c(=O)n1-c1ccc(C(O)C(=O)O)cc1. The molecule has 1 unspecified atom stereocenters. The first-order chi connectivity index (χ1) is 8.91. The van der Waals surface area contributed by atoms with E-state index in [0.717, 1.165) is 5.69 Å². The van der Waals surface area contributed by atoms with Crippen LogP contribution in [-0.4, -0.2) is 25.3 Å². The second kappa shape index (κ2) is 4.74. The van der Waals surface area contributed by atoms with E-state index in [-0.39, 0.29) is 11.3 Å². The van der Waals surface area contributed by atoms with E-state index in [1.54, 1.807) is 32.3 Å². The van der Waals surface area contributed by atoms with Gasteiger partial charge in [-0.25, -0.2) is 9.59 Å². The Morgan fingerprint density at radius 3 is 2.26 bits per heavy atom. The first-order valence-corrected chi connectivity index (χ1v) is 5.68. The summed E-state index contributed by atoms with van der Waals surface area (Å²) in [5, 5.41) is 18.1. The third kappa shape index (κ3) is 2.30. The van der Waals surface area contributed by atoms with Crippen LogP contribution in [0.25, 0.3) is 5.69 Å². The van der Waals surface area contributed by atoms with Crippen molar-refractivity contribution in [1.29, 1.82) is 0 Å². The Hall–Kier alpha value is -2.34. The van der Waals surface area contributed by atoms with Crippen LogP contribution in [0.3, 0.4) is 0 Å². The molecule has 0 spiro atoms. The molecule has 6 nitrogen and oxygen atoms in total. The summed E-state index contributed by atoms with van der Waals surface area (Å²) in [6.45, 7) is 1.81. The van der Waals surface area contributed by atoms with Gasteiger partial charge >= 0.3 is 11.7 Å². The van der Waals surface area contributed by atoms with Crippen LogP contribution in [0.2, 0.25) is 0 Å². The highest BCUT2D eigenvalue weighted by Crippen LogP contribution is 2.16. The monoisotopic (exact) mass is 262 g/mol. The van der Waals surface area contributed by atoms with Gasteiger partial charge in [0, 0.05) is 18.9 Å². The van der Waals surface area contributed by atoms with Crippen LogP contribution in [0.5, 0.6) is 0 Å². The summed E-state index contributed by atoms with van der Waals surface area (Å²) in [7, 11) is 1.66. The van der Waals surface area contributed by atoms with E-state index in [2.05, 4.69) is 0 Å². The van der Waals surface area contributed by atoms with Gasteiger partial charge in [-0.2, -0.15) is 0 Å². The number of hydrogen-bond acceptors (Lipinski definition) is 3. The second-order valence-corrected chi connectivity index (χ2v) is 4.33. The molecule has 1 atom stereocenters. The average Bonchev–Trinajstić information content (AvgIpc) is 2.62. The summed E-state index contributed by atoms with van der Waals surface area (Å²) >= 11 is 0. The summed E-state index contributed by atoms with van der Waals surface area (Å²) in [5.74, 6) is -1.30. The van der Waals surface area contributed by atoms with E-state index in [0.29, 0.717) is 5.69 Å². The van der Waals surface area contributed by atoms with Gasteiger partial charge in [-0.3, -0.25) is 4.57 Å². The van der Waals surface area contributed by atoms with Crippen molar-refractivity contribution in [2.45, 2.75) is 13.0 Å². The first-order valence-electron chi connectivity index (χ1n) is 5.68. The van der Waals surface area contributed by atoms with E-state index in [4.69, 9.17) is 5.11 Å². The quantitative estimate of drug-likeness (QED) is 0.848. The largest absolute Gasteiger partial charge is 0.479 e. The summed E-state index contributed by atoms with van der Waals surface area (Å²) in [5.41, 5.74) is 1.50. The minimum Gasteiger partial charge on any atom is -0.479 e. The minimum atomic E-state index is -1.55. The fourth-order valence-electron chi connectivity index (χ4n) is 1.96. The van der Waals surface area contributed by atoms with Crippen molar-refractivity contribution >= 4 is 5.97 Å². The maximum Gasteiger partial charge on any atom is 0.337 e. The van der Waals surface area contributed by atoms with Crippen molar-refractivity contribution in [2.75, 3.05) is 0 Å². The molecule has 2 aromatic rings. The first kappa shape index (κ1) is 13.1. The molecule has 0 amide bonds. The van der Waals surface area contributed by atoms with Crippen LogP contribution in [0.4, 0.5) is 0 Å². The zero-order valence-electron chi connectivity index (χ0n) is 10.6. The van der Waals surface area contributed by atoms with Gasteiger partial charge < -0.3 is 14.8 Å². The van der Waals surface area contributed by atoms with Gasteiger partial charge in [0.2, 0.25) is 0 Å². The molecule has 0 saturated carbocycles. The Morgan fingerprint density at radius 1 is 1.26 bits per heavy atom. The lowest BCUT2D eigenvalue weighted by atomic mass is 10.1. The van der Waals surface area contributed by atoms with E-state index >= 15 is 0 Å². The number of aliphatic hydroxyl groups excluding tert-OH is 1. The Morgan fingerprint density at radius 2 is 1.84 bits per heavy atom. The predicted octanol–water partition coefficient (Wildman–Crippen LogP) is 0.602. The van der Waals surface area contributed by atoms with Crippen LogP contribution in [0.1, 0.15) is 17.4 Å². The molecular formula is C13H14N2O4. The van der Waals surface area contributed by atoms with Gasteiger partial charge in [-0.1, -0.05) is 12.1 Å². The smallest absolute Gasteiger partial charge is 0.337 e. The number of aryl methyl sites for hydroxylation is 2.